The van der Waals surface area contributed by atoms with Crippen molar-refractivity contribution in [2.45, 2.75) is 257 Å². The fraction of sp³-hybridized carbons (Fsp3) is 0.712. The van der Waals surface area contributed by atoms with E-state index in [4.69, 9.17) is 18.9 Å². The molecule has 430 valence electrons. The van der Waals surface area contributed by atoms with Crippen molar-refractivity contribution in [2.75, 3.05) is 47.5 Å². The number of carboxylic acid groups (broad SMARTS) is 1. The van der Waals surface area contributed by atoms with E-state index in [0.29, 0.717) is 17.4 Å². The van der Waals surface area contributed by atoms with Gasteiger partial charge in [0, 0.05) is 12.8 Å². The zero-order valence-corrected chi connectivity index (χ0v) is 48.9. The number of esters is 2. The third-order valence-electron chi connectivity index (χ3n) is 12.8. The van der Waals surface area contributed by atoms with Crippen molar-refractivity contribution in [3.63, 3.8) is 0 Å². The van der Waals surface area contributed by atoms with Crippen molar-refractivity contribution in [3.8, 4) is 0 Å². The third-order valence-corrected chi connectivity index (χ3v) is 12.8. The van der Waals surface area contributed by atoms with Gasteiger partial charge in [0.1, 0.15) is 13.2 Å². The molecule has 0 amide bonds. The second kappa shape index (κ2) is 56.4. The molecule has 75 heavy (non-hydrogen) atoms. The molecule has 0 rings (SSSR count). The highest BCUT2D eigenvalue weighted by molar-refractivity contribution is 5.70. The van der Waals surface area contributed by atoms with Gasteiger partial charge < -0.3 is 33.3 Å². The van der Waals surface area contributed by atoms with E-state index >= 15 is 0 Å². The van der Waals surface area contributed by atoms with E-state index in [1.807, 2.05) is 21.1 Å². The van der Waals surface area contributed by atoms with Gasteiger partial charge in [-0.3, -0.25) is 9.59 Å². The van der Waals surface area contributed by atoms with Crippen LogP contribution in [0.15, 0.2) is 97.2 Å². The van der Waals surface area contributed by atoms with Gasteiger partial charge in [0.05, 0.1) is 40.3 Å². The first-order chi connectivity index (χ1) is 36.6. The Morgan fingerprint density at radius 1 is 0.400 bits per heavy atom. The summed E-state index contributed by atoms with van der Waals surface area (Å²) >= 11 is 0. The maximum atomic E-state index is 12.9. The van der Waals surface area contributed by atoms with Crippen molar-refractivity contribution >= 4 is 17.9 Å². The lowest BCUT2D eigenvalue weighted by Gasteiger charge is -2.26. The second-order valence-corrected chi connectivity index (χ2v) is 21.2. The Hall–Kier alpha value is -3.79. The molecule has 2 unspecified atom stereocenters. The third kappa shape index (κ3) is 57.7. The quantitative estimate of drug-likeness (QED) is 0.0195. The van der Waals surface area contributed by atoms with Crippen LogP contribution in [0.25, 0.3) is 0 Å². The summed E-state index contributed by atoms with van der Waals surface area (Å²) in [5, 5.41) is 11.8. The van der Waals surface area contributed by atoms with Crippen LogP contribution in [0, 0.1) is 0 Å². The van der Waals surface area contributed by atoms with Crippen LogP contribution >= 0.6 is 0 Å². The molecular formula is C66H113NO8. The number of carbonyl (C=O) groups is 3. The lowest BCUT2D eigenvalue weighted by Crippen LogP contribution is -2.44. The summed E-state index contributed by atoms with van der Waals surface area (Å²) in [5.41, 5.74) is 0. The topological polar surface area (TPSA) is 111 Å². The average molecular weight is 1050 g/mol. The summed E-state index contributed by atoms with van der Waals surface area (Å²) in [4.78, 5) is 37.4. The second-order valence-electron chi connectivity index (χ2n) is 21.2. The number of unbranched alkanes of at least 4 members (excludes halogenated alkanes) is 24. The number of aliphatic carboxylic acids is 1. The summed E-state index contributed by atoms with van der Waals surface area (Å²) in [6, 6.07) is 0. The number of quaternary nitrogens is 1. The van der Waals surface area contributed by atoms with E-state index in [1.54, 1.807) is 0 Å². The number of carboxylic acids is 1. The number of ether oxygens (including phenoxy) is 4. The van der Waals surface area contributed by atoms with Crippen molar-refractivity contribution in [1.82, 2.24) is 0 Å². The summed E-state index contributed by atoms with van der Waals surface area (Å²) in [5.74, 6) is -2.29. The number of nitrogens with zero attached hydrogens (tertiary/aromatic N) is 1. The Labute approximate surface area is 461 Å². The van der Waals surface area contributed by atoms with Gasteiger partial charge in [0.15, 0.2) is 12.4 Å². The van der Waals surface area contributed by atoms with Crippen molar-refractivity contribution < 1.29 is 42.9 Å². The van der Waals surface area contributed by atoms with Gasteiger partial charge in [0.2, 0.25) is 0 Å². The smallest absolute Gasteiger partial charge is 0.306 e. The van der Waals surface area contributed by atoms with E-state index in [2.05, 4.69) is 111 Å². The Balaban J connectivity index is 4.22. The van der Waals surface area contributed by atoms with E-state index in [9.17, 15) is 19.5 Å². The van der Waals surface area contributed by atoms with Crippen LogP contribution in [0.2, 0.25) is 0 Å². The fourth-order valence-electron chi connectivity index (χ4n) is 8.23. The molecule has 0 saturated heterocycles. The lowest BCUT2D eigenvalue weighted by molar-refractivity contribution is -0.870. The molecule has 0 bridgehead atoms. The molecular weight excluding hydrogens is 935 g/mol. The summed E-state index contributed by atoms with van der Waals surface area (Å²) in [6.07, 6.45) is 73.1. The number of carbonyl (C=O) groups excluding carboxylic acids is 3. The first kappa shape index (κ1) is 71.2. The molecule has 2 atom stereocenters. The number of hydrogen-bond acceptors (Lipinski definition) is 8. The van der Waals surface area contributed by atoms with Crippen LogP contribution in [0.5, 0.6) is 0 Å². The van der Waals surface area contributed by atoms with Crippen LogP contribution in [0.3, 0.4) is 0 Å². The molecule has 0 aliphatic rings. The van der Waals surface area contributed by atoms with Crippen LogP contribution in [-0.4, -0.2) is 82.3 Å². The van der Waals surface area contributed by atoms with Gasteiger partial charge in [-0.1, -0.05) is 239 Å². The number of hydrogen-bond donors (Lipinski definition) is 0. The van der Waals surface area contributed by atoms with E-state index in [0.717, 1.165) is 96.3 Å². The van der Waals surface area contributed by atoms with Gasteiger partial charge in [-0.05, 0) is 89.9 Å². The molecule has 0 heterocycles. The zero-order chi connectivity index (χ0) is 54.8. The maximum Gasteiger partial charge on any atom is 0.306 e. The van der Waals surface area contributed by atoms with Crippen LogP contribution in [0.1, 0.15) is 245 Å². The van der Waals surface area contributed by atoms with Gasteiger partial charge in [0.25, 0.3) is 0 Å². The predicted molar refractivity (Wildman–Crippen MR) is 315 cm³/mol. The monoisotopic (exact) mass is 1050 g/mol. The molecule has 9 heteroatoms. The molecule has 0 aliphatic carbocycles. The van der Waals surface area contributed by atoms with Crippen molar-refractivity contribution in [1.29, 1.82) is 0 Å². The summed E-state index contributed by atoms with van der Waals surface area (Å²) < 4.78 is 22.7. The predicted octanol–water partition coefficient (Wildman–Crippen LogP) is 16.8. The molecule has 9 nitrogen and oxygen atoms in total. The Morgan fingerprint density at radius 3 is 1.07 bits per heavy atom. The molecule has 0 aromatic carbocycles. The number of likely N-dealkylation sites (N-methyl/N-ethyl adjacent to an activating group) is 1. The first-order valence-corrected chi connectivity index (χ1v) is 30.4. The molecule has 0 saturated carbocycles. The SMILES string of the molecule is CC/C=C\C/C=C\C/C=C\C/C=C\CCCCCCCCCCCCCCCCC(=O)OC(COC(=O)CCCCCCCCCCCC/C=C\C/C=C\C/C=C\C/C=C\CC)COC(OCC[N+](C)(C)C)C(=O)[O-]. The van der Waals surface area contributed by atoms with Gasteiger partial charge >= 0.3 is 11.9 Å². The average Bonchev–Trinajstić information content (AvgIpc) is 3.38. The van der Waals surface area contributed by atoms with Crippen LogP contribution in [0.4, 0.5) is 0 Å². The molecule has 0 fully saturated rings. The zero-order valence-electron chi connectivity index (χ0n) is 48.9. The minimum absolute atomic E-state index is 0.143. The normalized spacial score (nSPS) is 13.5. The minimum atomic E-state index is -1.63. The van der Waals surface area contributed by atoms with E-state index in [1.165, 1.54) is 116 Å². The molecule has 0 aromatic rings. The largest absolute Gasteiger partial charge is 0.545 e. The Bertz CT molecular complexity index is 1550. The first-order valence-electron chi connectivity index (χ1n) is 30.4. The molecule has 0 aromatic heterocycles. The number of rotatable bonds is 55. The summed E-state index contributed by atoms with van der Waals surface area (Å²) in [7, 11) is 5.92. The lowest BCUT2D eigenvalue weighted by atomic mass is 10.0. The summed E-state index contributed by atoms with van der Waals surface area (Å²) in [6.45, 7) is 4.53. The Kier molecular flexibility index (Phi) is 53.6. The van der Waals surface area contributed by atoms with Crippen molar-refractivity contribution in [2.24, 2.45) is 0 Å². The van der Waals surface area contributed by atoms with Gasteiger partial charge in [-0.25, -0.2) is 0 Å². The standard InChI is InChI=1S/C66H113NO8/c1-6-8-10-12-14-16-18-20-22-24-26-28-30-31-32-33-35-37-39-41-43-45-47-49-51-53-55-57-64(69)75-62(61-74-66(65(70)71)72-59-58-67(3,4)5)60-73-63(68)56-54-52-50-48-46-44-42-40-38-36-34-29-27-25-23-21-19-17-15-13-11-9-7-2/h8-11,14-17,20-23,26-29,62,66H,6-7,12-13,18-19,24-25,30-61H2,1-5H3/b10-8-,11-9-,16-14-,17-15-,22-20-,23-21-,28-26-,29-27-. The molecule has 0 spiro atoms. The van der Waals surface area contributed by atoms with Crippen LogP contribution < -0.4 is 5.11 Å². The van der Waals surface area contributed by atoms with E-state index in [-0.39, 0.29) is 38.6 Å². The fourth-order valence-corrected chi connectivity index (χ4v) is 8.23. The highest BCUT2D eigenvalue weighted by Crippen LogP contribution is 2.16. The van der Waals surface area contributed by atoms with Crippen LogP contribution in [-0.2, 0) is 33.3 Å². The molecule has 0 aliphatic heterocycles. The highest BCUT2D eigenvalue weighted by atomic mass is 16.7. The highest BCUT2D eigenvalue weighted by Gasteiger charge is 2.22. The van der Waals surface area contributed by atoms with E-state index < -0.39 is 24.3 Å². The maximum absolute atomic E-state index is 12.9. The van der Waals surface area contributed by atoms with Crippen molar-refractivity contribution in [3.05, 3.63) is 97.2 Å². The number of allylic oxidation sites excluding steroid dienone is 16. The van der Waals surface area contributed by atoms with Gasteiger partial charge in [-0.2, -0.15) is 0 Å². The molecule has 0 radical (unpaired) electrons. The minimum Gasteiger partial charge on any atom is -0.545 e. The Morgan fingerprint density at radius 2 is 0.720 bits per heavy atom. The van der Waals surface area contributed by atoms with Gasteiger partial charge in [-0.15, -0.1) is 0 Å². The molecule has 0 N–H and O–H groups in total.